The van der Waals surface area contributed by atoms with E-state index in [0.717, 1.165) is 43.8 Å². The minimum absolute atomic E-state index is 0.160. The van der Waals surface area contributed by atoms with Gasteiger partial charge in [0.2, 0.25) is 10.0 Å². The van der Waals surface area contributed by atoms with E-state index < -0.39 is 10.0 Å². The van der Waals surface area contributed by atoms with Gasteiger partial charge in [0.1, 0.15) is 0 Å². The average molecular weight is 424 g/mol. The number of halogens is 1. The fourth-order valence-electron chi connectivity index (χ4n) is 2.87. The van der Waals surface area contributed by atoms with Gasteiger partial charge in [0, 0.05) is 30.9 Å². The lowest BCUT2D eigenvalue weighted by Crippen LogP contribution is -2.36. The van der Waals surface area contributed by atoms with Crippen molar-refractivity contribution in [2.75, 3.05) is 42.2 Å². The number of amides is 1. The lowest BCUT2D eigenvalue weighted by molar-refractivity contribution is 0.0951. The van der Waals surface area contributed by atoms with Gasteiger partial charge in [-0.15, -0.1) is 0 Å². The molecule has 28 heavy (non-hydrogen) atoms. The summed E-state index contributed by atoms with van der Waals surface area (Å²) in [4.78, 5) is 14.6. The molecule has 1 saturated heterocycles. The van der Waals surface area contributed by atoms with Crippen molar-refractivity contribution in [1.82, 2.24) is 5.32 Å². The number of carbonyl (C=O) groups excluding carboxylic acids is 1. The molecule has 2 N–H and O–H groups in total. The van der Waals surface area contributed by atoms with Gasteiger partial charge in [0.15, 0.2) is 0 Å². The van der Waals surface area contributed by atoms with Crippen LogP contribution in [0.2, 0.25) is 5.02 Å². The summed E-state index contributed by atoms with van der Waals surface area (Å²) >= 11 is 6.07. The highest BCUT2D eigenvalue weighted by atomic mass is 35.5. The highest BCUT2D eigenvalue weighted by molar-refractivity contribution is 7.92. The van der Waals surface area contributed by atoms with Crippen molar-refractivity contribution < 1.29 is 17.9 Å². The van der Waals surface area contributed by atoms with Crippen LogP contribution in [0.3, 0.4) is 0 Å². The molecule has 0 aliphatic carbocycles. The van der Waals surface area contributed by atoms with E-state index in [9.17, 15) is 13.2 Å². The van der Waals surface area contributed by atoms with E-state index in [0.29, 0.717) is 12.1 Å². The molecule has 0 radical (unpaired) electrons. The fourth-order valence-corrected chi connectivity index (χ4v) is 3.73. The first-order valence-corrected chi connectivity index (χ1v) is 11.1. The summed E-state index contributed by atoms with van der Waals surface area (Å²) in [5, 5.41) is 3.00. The Bertz CT molecular complexity index is 942. The standard InChI is InChI=1S/C19H22ClN3O4S/c1-28(25,26)22-18-7-4-15(12-17(18)20)19(24)21-13-14-2-5-16(6-3-14)23-8-10-27-11-9-23/h2-7,12,22H,8-11,13H2,1H3,(H,21,24). The maximum atomic E-state index is 12.4. The molecule has 1 amide bonds. The number of anilines is 2. The molecule has 1 heterocycles. The van der Waals surface area contributed by atoms with Crippen LogP contribution in [-0.2, 0) is 21.3 Å². The van der Waals surface area contributed by atoms with Crippen LogP contribution in [0.1, 0.15) is 15.9 Å². The molecule has 1 aliphatic rings. The van der Waals surface area contributed by atoms with Crippen molar-refractivity contribution in [2.24, 2.45) is 0 Å². The Labute approximate surface area is 169 Å². The molecular formula is C19H22ClN3O4S. The number of ether oxygens (including phenoxy) is 1. The number of benzene rings is 2. The predicted octanol–water partition coefficient (Wildman–Crippen LogP) is 2.48. The Morgan fingerprint density at radius 1 is 1.14 bits per heavy atom. The maximum absolute atomic E-state index is 12.4. The topological polar surface area (TPSA) is 87.7 Å². The van der Waals surface area contributed by atoms with Gasteiger partial charge in [0.05, 0.1) is 30.2 Å². The number of hydrogen-bond acceptors (Lipinski definition) is 5. The fraction of sp³-hybridized carbons (Fsp3) is 0.316. The summed E-state index contributed by atoms with van der Waals surface area (Å²) in [5.74, 6) is -0.287. The van der Waals surface area contributed by atoms with Gasteiger partial charge < -0.3 is 15.0 Å². The Balaban J connectivity index is 1.58. The molecule has 9 heteroatoms. The largest absolute Gasteiger partial charge is 0.378 e. The highest BCUT2D eigenvalue weighted by Crippen LogP contribution is 2.24. The van der Waals surface area contributed by atoms with E-state index >= 15 is 0 Å². The molecule has 0 unspecified atom stereocenters. The second-order valence-electron chi connectivity index (χ2n) is 6.52. The summed E-state index contributed by atoms with van der Waals surface area (Å²) in [6, 6.07) is 12.5. The third kappa shape index (κ3) is 5.60. The number of nitrogens with zero attached hydrogens (tertiary/aromatic N) is 1. The lowest BCUT2D eigenvalue weighted by atomic mass is 10.1. The van der Waals surface area contributed by atoms with Gasteiger partial charge in [-0.05, 0) is 35.9 Å². The average Bonchev–Trinajstić information content (AvgIpc) is 2.68. The van der Waals surface area contributed by atoms with Gasteiger partial charge in [-0.2, -0.15) is 0 Å². The molecule has 1 aliphatic heterocycles. The molecule has 0 aromatic heterocycles. The van der Waals surface area contributed by atoms with Gasteiger partial charge in [0.25, 0.3) is 5.91 Å². The van der Waals surface area contributed by atoms with Crippen molar-refractivity contribution in [3.8, 4) is 0 Å². The number of hydrogen-bond donors (Lipinski definition) is 2. The van der Waals surface area contributed by atoms with Crippen molar-refractivity contribution >= 4 is 38.9 Å². The van der Waals surface area contributed by atoms with Crippen molar-refractivity contribution in [3.05, 3.63) is 58.6 Å². The number of carbonyl (C=O) groups is 1. The smallest absolute Gasteiger partial charge is 0.251 e. The van der Waals surface area contributed by atoms with Gasteiger partial charge >= 0.3 is 0 Å². The lowest BCUT2D eigenvalue weighted by Gasteiger charge is -2.28. The normalized spacial score (nSPS) is 14.6. The highest BCUT2D eigenvalue weighted by Gasteiger charge is 2.12. The van der Waals surface area contributed by atoms with Crippen LogP contribution < -0.4 is 14.9 Å². The molecule has 0 saturated carbocycles. The second kappa shape index (κ2) is 8.81. The van der Waals surface area contributed by atoms with Crippen LogP contribution in [0.25, 0.3) is 0 Å². The van der Waals surface area contributed by atoms with Gasteiger partial charge in [-0.25, -0.2) is 8.42 Å². The molecule has 0 atom stereocenters. The zero-order valence-electron chi connectivity index (χ0n) is 15.4. The zero-order valence-corrected chi connectivity index (χ0v) is 17.0. The minimum Gasteiger partial charge on any atom is -0.378 e. The van der Waals surface area contributed by atoms with E-state index in [-0.39, 0.29) is 16.6 Å². The second-order valence-corrected chi connectivity index (χ2v) is 8.67. The number of sulfonamides is 1. The van der Waals surface area contributed by atoms with E-state index in [2.05, 4.69) is 14.9 Å². The Morgan fingerprint density at radius 3 is 2.43 bits per heavy atom. The SMILES string of the molecule is CS(=O)(=O)Nc1ccc(C(=O)NCc2ccc(N3CCOCC3)cc2)cc1Cl. The van der Waals surface area contributed by atoms with E-state index in [4.69, 9.17) is 16.3 Å². The van der Waals surface area contributed by atoms with E-state index in [1.165, 1.54) is 18.2 Å². The first-order valence-electron chi connectivity index (χ1n) is 8.79. The Kier molecular flexibility index (Phi) is 6.43. The van der Waals surface area contributed by atoms with Crippen LogP contribution in [-0.4, -0.2) is 46.9 Å². The number of morpholine rings is 1. The molecule has 2 aromatic carbocycles. The summed E-state index contributed by atoms with van der Waals surface area (Å²) in [6.07, 6.45) is 1.04. The molecule has 7 nitrogen and oxygen atoms in total. The third-order valence-corrected chi connectivity index (χ3v) is 5.20. The van der Waals surface area contributed by atoms with Crippen LogP contribution in [0.5, 0.6) is 0 Å². The number of rotatable bonds is 6. The summed E-state index contributed by atoms with van der Waals surface area (Å²) in [7, 11) is -3.44. The van der Waals surface area contributed by atoms with Gasteiger partial charge in [-0.3, -0.25) is 9.52 Å². The molecular weight excluding hydrogens is 402 g/mol. The minimum atomic E-state index is -3.44. The van der Waals surface area contributed by atoms with Crippen molar-refractivity contribution in [2.45, 2.75) is 6.54 Å². The summed E-state index contributed by atoms with van der Waals surface area (Å²) in [6.45, 7) is 3.60. The van der Waals surface area contributed by atoms with Crippen LogP contribution in [0, 0.1) is 0 Å². The molecule has 150 valence electrons. The van der Waals surface area contributed by atoms with Crippen molar-refractivity contribution in [3.63, 3.8) is 0 Å². The number of nitrogens with one attached hydrogen (secondary N) is 2. The van der Waals surface area contributed by atoms with Crippen molar-refractivity contribution in [1.29, 1.82) is 0 Å². The summed E-state index contributed by atoms with van der Waals surface area (Å²) < 4.78 is 30.3. The molecule has 3 rings (SSSR count). The Hall–Kier alpha value is -2.29. The van der Waals surface area contributed by atoms with Crippen LogP contribution >= 0.6 is 11.6 Å². The molecule has 1 fully saturated rings. The molecule has 0 spiro atoms. The molecule has 0 bridgehead atoms. The maximum Gasteiger partial charge on any atom is 0.251 e. The van der Waals surface area contributed by atoms with Gasteiger partial charge in [-0.1, -0.05) is 23.7 Å². The van der Waals surface area contributed by atoms with E-state index in [1.807, 2.05) is 24.3 Å². The predicted molar refractivity (Wildman–Crippen MR) is 111 cm³/mol. The monoisotopic (exact) mass is 423 g/mol. The van der Waals surface area contributed by atoms with E-state index in [1.54, 1.807) is 0 Å². The van der Waals surface area contributed by atoms with Crippen LogP contribution in [0.15, 0.2) is 42.5 Å². The first-order chi connectivity index (χ1) is 13.3. The first kappa shape index (κ1) is 20.4. The third-order valence-electron chi connectivity index (χ3n) is 4.29. The summed E-state index contributed by atoms with van der Waals surface area (Å²) in [5.41, 5.74) is 2.71. The zero-order chi connectivity index (χ0) is 20.1. The Morgan fingerprint density at radius 2 is 1.82 bits per heavy atom. The quantitative estimate of drug-likeness (QED) is 0.745. The molecule has 2 aromatic rings. The van der Waals surface area contributed by atoms with Crippen LogP contribution in [0.4, 0.5) is 11.4 Å².